The van der Waals surface area contributed by atoms with Crippen molar-refractivity contribution in [2.24, 2.45) is 5.92 Å². The predicted octanol–water partition coefficient (Wildman–Crippen LogP) is 3.23. The second-order valence-electron chi connectivity index (χ2n) is 4.54. The van der Waals surface area contributed by atoms with E-state index in [0.29, 0.717) is 11.1 Å². The summed E-state index contributed by atoms with van der Waals surface area (Å²) in [5.41, 5.74) is 0.830. The summed E-state index contributed by atoms with van der Waals surface area (Å²) in [7, 11) is 1.27. The highest BCUT2D eigenvalue weighted by Crippen LogP contribution is 2.54. The van der Waals surface area contributed by atoms with Gasteiger partial charge in [0.1, 0.15) is 0 Å². The Kier molecular flexibility index (Phi) is 2.89. The van der Waals surface area contributed by atoms with Gasteiger partial charge < -0.3 is 4.74 Å². The SMILES string of the molecule is COC(=O)c1cccc(C2C(C)CC2(F)F)c1. The van der Waals surface area contributed by atoms with Crippen molar-refractivity contribution in [2.75, 3.05) is 7.11 Å². The zero-order chi connectivity index (χ0) is 12.6. The number of rotatable bonds is 2. The Morgan fingerprint density at radius 2 is 2.18 bits per heavy atom. The largest absolute Gasteiger partial charge is 0.465 e. The number of carbonyl (C=O) groups excluding carboxylic acids is 1. The third-order valence-corrected chi connectivity index (χ3v) is 3.29. The minimum absolute atomic E-state index is 0.0575. The van der Waals surface area contributed by atoms with E-state index < -0.39 is 17.8 Å². The van der Waals surface area contributed by atoms with Gasteiger partial charge in [-0.25, -0.2) is 13.6 Å². The molecule has 17 heavy (non-hydrogen) atoms. The first-order chi connectivity index (χ1) is 7.95. The van der Waals surface area contributed by atoms with Crippen LogP contribution in [0, 0.1) is 5.92 Å². The van der Waals surface area contributed by atoms with Gasteiger partial charge in [0.2, 0.25) is 0 Å². The number of alkyl halides is 2. The van der Waals surface area contributed by atoms with Crippen LogP contribution in [0.15, 0.2) is 24.3 Å². The van der Waals surface area contributed by atoms with Crippen molar-refractivity contribution in [3.05, 3.63) is 35.4 Å². The lowest BCUT2D eigenvalue weighted by atomic mass is 9.67. The van der Waals surface area contributed by atoms with Gasteiger partial charge in [-0.3, -0.25) is 0 Å². The van der Waals surface area contributed by atoms with Gasteiger partial charge in [-0.2, -0.15) is 0 Å². The van der Waals surface area contributed by atoms with Crippen molar-refractivity contribution in [1.82, 2.24) is 0 Å². The monoisotopic (exact) mass is 240 g/mol. The Labute approximate surface area is 98.6 Å². The van der Waals surface area contributed by atoms with Gasteiger partial charge in [0, 0.05) is 6.42 Å². The van der Waals surface area contributed by atoms with Crippen LogP contribution >= 0.6 is 0 Å². The van der Waals surface area contributed by atoms with E-state index in [1.807, 2.05) is 0 Å². The molecule has 1 aromatic carbocycles. The molecule has 1 aromatic rings. The number of ether oxygens (including phenoxy) is 1. The summed E-state index contributed by atoms with van der Waals surface area (Å²) in [5.74, 6) is -4.00. The minimum atomic E-state index is -2.66. The fourth-order valence-electron chi connectivity index (χ4n) is 2.48. The second kappa shape index (κ2) is 4.09. The van der Waals surface area contributed by atoms with Crippen molar-refractivity contribution in [3.8, 4) is 0 Å². The fourth-order valence-corrected chi connectivity index (χ4v) is 2.48. The standard InChI is InChI=1S/C13H14F2O2/c1-8-7-13(14,15)11(8)9-4-3-5-10(6-9)12(16)17-2/h3-6,8,11H,7H2,1-2H3. The Balaban J connectivity index is 2.31. The molecular formula is C13H14F2O2. The average molecular weight is 240 g/mol. The maximum Gasteiger partial charge on any atom is 0.337 e. The molecule has 0 spiro atoms. The fraction of sp³-hybridized carbons (Fsp3) is 0.462. The molecule has 2 atom stereocenters. The van der Waals surface area contributed by atoms with Crippen LogP contribution in [0.1, 0.15) is 35.2 Å². The van der Waals surface area contributed by atoms with Crippen LogP contribution in [0.4, 0.5) is 8.78 Å². The van der Waals surface area contributed by atoms with E-state index in [0.717, 1.165) is 0 Å². The molecule has 1 aliphatic rings. The van der Waals surface area contributed by atoms with Gasteiger partial charge in [0.05, 0.1) is 18.6 Å². The van der Waals surface area contributed by atoms with Crippen LogP contribution < -0.4 is 0 Å². The summed E-state index contributed by atoms with van der Waals surface area (Å²) < 4.78 is 31.4. The zero-order valence-electron chi connectivity index (χ0n) is 9.74. The quantitative estimate of drug-likeness (QED) is 0.742. The first-order valence-electron chi connectivity index (χ1n) is 5.52. The second-order valence-corrected chi connectivity index (χ2v) is 4.54. The van der Waals surface area contributed by atoms with Crippen molar-refractivity contribution >= 4 is 5.97 Å². The first-order valence-corrected chi connectivity index (χ1v) is 5.52. The molecule has 1 fully saturated rings. The molecule has 2 nitrogen and oxygen atoms in total. The van der Waals surface area contributed by atoms with Crippen molar-refractivity contribution in [2.45, 2.75) is 25.2 Å². The number of methoxy groups -OCH3 is 1. The maximum absolute atomic E-state index is 13.4. The lowest BCUT2D eigenvalue weighted by Gasteiger charge is -2.43. The molecule has 0 bridgehead atoms. The number of halogens is 2. The van der Waals surface area contributed by atoms with E-state index in [4.69, 9.17) is 0 Å². The number of hydrogen-bond donors (Lipinski definition) is 0. The molecule has 0 aliphatic heterocycles. The third kappa shape index (κ3) is 2.04. The third-order valence-electron chi connectivity index (χ3n) is 3.29. The Hall–Kier alpha value is -1.45. The van der Waals surface area contributed by atoms with Gasteiger partial charge in [0.25, 0.3) is 5.92 Å². The van der Waals surface area contributed by atoms with Gasteiger partial charge in [-0.1, -0.05) is 19.1 Å². The van der Waals surface area contributed by atoms with Crippen LogP contribution in [-0.2, 0) is 4.74 Å². The molecule has 2 unspecified atom stereocenters. The lowest BCUT2D eigenvalue weighted by Crippen LogP contribution is -2.43. The van der Waals surface area contributed by atoms with Gasteiger partial charge in [0.15, 0.2) is 0 Å². The van der Waals surface area contributed by atoms with Gasteiger partial charge in [-0.15, -0.1) is 0 Å². The predicted molar refractivity (Wildman–Crippen MR) is 59.3 cm³/mol. The molecule has 4 heteroatoms. The Morgan fingerprint density at radius 1 is 1.47 bits per heavy atom. The molecule has 0 N–H and O–H groups in total. The summed E-state index contributed by atoms with van der Waals surface area (Å²) in [5, 5.41) is 0. The normalized spacial score (nSPS) is 26.1. The van der Waals surface area contributed by atoms with E-state index >= 15 is 0 Å². The van der Waals surface area contributed by atoms with E-state index in [9.17, 15) is 13.6 Å². The summed E-state index contributed by atoms with van der Waals surface area (Å²) >= 11 is 0. The maximum atomic E-state index is 13.4. The van der Waals surface area contributed by atoms with Gasteiger partial charge >= 0.3 is 5.97 Å². The Bertz CT molecular complexity index is 443. The van der Waals surface area contributed by atoms with Crippen LogP contribution in [-0.4, -0.2) is 19.0 Å². The molecule has 1 saturated carbocycles. The zero-order valence-corrected chi connectivity index (χ0v) is 9.74. The van der Waals surface area contributed by atoms with E-state index in [-0.39, 0.29) is 12.3 Å². The summed E-state index contributed by atoms with van der Waals surface area (Å²) in [6.07, 6.45) is -0.0832. The summed E-state index contributed by atoms with van der Waals surface area (Å²) in [6, 6.07) is 6.32. The van der Waals surface area contributed by atoms with Crippen LogP contribution in [0.25, 0.3) is 0 Å². The number of benzene rings is 1. The molecule has 0 amide bonds. The number of carbonyl (C=O) groups is 1. The van der Waals surface area contributed by atoms with Crippen LogP contribution in [0.2, 0.25) is 0 Å². The van der Waals surface area contributed by atoms with E-state index in [1.54, 1.807) is 25.1 Å². The average Bonchev–Trinajstić information content (AvgIpc) is 2.27. The van der Waals surface area contributed by atoms with Crippen molar-refractivity contribution < 1.29 is 18.3 Å². The molecule has 0 aromatic heterocycles. The minimum Gasteiger partial charge on any atom is -0.465 e. The number of esters is 1. The molecule has 0 radical (unpaired) electrons. The van der Waals surface area contributed by atoms with Gasteiger partial charge in [-0.05, 0) is 23.6 Å². The topological polar surface area (TPSA) is 26.3 Å². The summed E-state index contributed by atoms with van der Waals surface area (Å²) in [4.78, 5) is 11.3. The van der Waals surface area contributed by atoms with Crippen LogP contribution in [0.5, 0.6) is 0 Å². The highest BCUT2D eigenvalue weighted by molar-refractivity contribution is 5.89. The molecular weight excluding hydrogens is 226 g/mol. The Morgan fingerprint density at radius 3 is 2.71 bits per heavy atom. The van der Waals surface area contributed by atoms with Crippen molar-refractivity contribution in [3.63, 3.8) is 0 Å². The first kappa shape index (κ1) is 12.0. The van der Waals surface area contributed by atoms with Crippen molar-refractivity contribution in [1.29, 1.82) is 0 Å². The van der Waals surface area contributed by atoms with Crippen LogP contribution in [0.3, 0.4) is 0 Å². The highest BCUT2D eigenvalue weighted by atomic mass is 19.3. The lowest BCUT2D eigenvalue weighted by molar-refractivity contribution is -0.130. The molecule has 92 valence electrons. The molecule has 1 aliphatic carbocycles. The number of hydrogen-bond acceptors (Lipinski definition) is 2. The van der Waals surface area contributed by atoms with E-state index in [2.05, 4.69) is 4.74 Å². The molecule has 2 rings (SSSR count). The smallest absolute Gasteiger partial charge is 0.337 e. The van der Waals surface area contributed by atoms with E-state index in [1.165, 1.54) is 13.2 Å². The summed E-state index contributed by atoms with van der Waals surface area (Å²) in [6.45, 7) is 1.80. The molecule has 0 saturated heterocycles. The molecule has 0 heterocycles. The highest BCUT2D eigenvalue weighted by Gasteiger charge is 2.54.